The average Bonchev–Trinajstić information content (AvgIpc) is 3.09. The van der Waals surface area contributed by atoms with Crippen molar-refractivity contribution in [3.05, 3.63) is 54.1 Å². The van der Waals surface area contributed by atoms with Crippen molar-refractivity contribution in [3.63, 3.8) is 0 Å². The van der Waals surface area contributed by atoms with Crippen molar-refractivity contribution < 1.29 is 0 Å². The largest absolute Gasteiger partial charge is 0.296 e. The highest BCUT2D eigenvalue weighted by atomic mass is 15.2. The summed E-state index contributed by atoms with van der Waals surface area (Å²) in [4.78, 5) is 2.67. The van der Waals surface area contributed by atoms with Crippen LogP contribution in [0.3, 0.4) is 0 Å². The van der Waals surface area contributed by atoms with Gasteiger partial charge in [-0.15, -0.1) is 0 Å². The van der Waals surface area contributed by atoms with Gasteiger partial charge in [-0.1, -0.05) is 55.8 Å². The second-order valence-corrected chi connectivity index (χ2v) is 6.73. The van der Waals surface area contributed by atoms with E-state index in [9.17, 15) is 0 Å². The lowest BCUT2D eigenvalue weighted by atomic mass is 9.94. The molecule has 4 rings (SSSR count). The highest BCUT2D eigenvalue weighted by Gasteiger charge is 2.24. The number of H-pyrrole nitrogens is 1. The molecule has 0 radical (unpaired) electrons. The first-order chi connectivity index (χ1) is 11.9. The number of nitrogens with zero attached hydrogens (tertiary/aromatic N) is 2. The van der Waals surface area contributed by atoms with Crippen LogP contribution in [0.15, 0.2) is 48.5 Å². The summed E-state index contributed by atoms with van der Waals surface area (Å²) in [5.41, 5.74) is 4.83. The van der Waals surface area contributed by atoms with Crippen molar-refractivity contribution in [2.45, 2.75) is 38.6 Å². The van der Waals surface area contributed by atoms with Gasteiger partial charge >= 0.3 is 0 Å². The monoisotopic (exact) mass is 319 g/mol. The number of likely N-dealkylation sites (tertiary alicyclic amines) is 1. The van der Waals surface area contributed by atoms with Crippen LogP contribution >= 0.6 is 0 Å². The maximum atomic E-state index is 4.64. The Morgan fingerprint density at radius 2 is 1.79 bits per heavy atom. The molecule has 2 aromatic carbocycles. The third-order valence-corrected chi connectivity index (χ3v) is 5.25. The molecular weight excluding hydrogens is 294 g/mol. The minimum atomic E-state index is 0.481. The Labute approximate surface area is 143 Å². The molecule has 0 amide bonds. The van der Waals surface area contributed by atoms with E-state index in [0.717, 1.165) is 17.6 Å². The smallest absolute Gasteiger partial charge is 0.100 e. The summed E-state index contributed by atoms with van der Waals surface area (Å²) in [5.74, 6) is 0. The maximum Gasteiger partial charge on any atom is 0.100 e. The fourth-order valence-corrected chi connectivity index (χ4v) is 4.09. The Hall–Kier alpha value is -2.13. The normalized spacial score (nSPS) is 17.2. The topological polar surface area (TPSA) is 31.9 Å². The highest BCUT2D eigenvalue weighted by Crippen LogP contribution is 2.36. The summed E-state index contributed by atoms with van der Waals surface area (Å²) in [5, 5.41) is 9.18. The lowest BCUT2D eigenvalue weighted by Gasteiger charge is -2.34. The molecule has 1 saturated heterocycles. The van der Waals surface area contributed by atoms with Crippen molar-refractivity contribution in [2.75, 3.05) is 13.1 Å². The molecule has 1 aromatic heterocycles. The van der Waals surface area contributed by atoms with Gasteiger partial charge in [-0.25, -0.2) is 0 Å². The van der Waals surface area contributed by atoms with Crippen molar-refractivity contribution in [1.29, 1.82) is 0 Å². The summed E-state index contributed by atoms with van der Waals surface area (Å²) < 4.78 is 0. The molecule has 3 heteroatoms. The van der Waals surface area contributed by atoms with E-state index in [-0.39, 0.29) is 0 Å². The van der Waals surface area contributed by atoms with Gasteiger partial charge in [0.2, 0.25) is 0 Å². The Kier molecular flexibility index (Phi) is 4.35. The summed E-state index contributed by atoms with van der Waals surface area (Å²) in [6.45, 7) is 4.74. The molecule has 3 aromatic rings. The predicted octanol–water partition coefficient (Wildman–Crippen LogP) is 5.17. The number of hydrogen-bond acceptors (Lipinski definition) is 2. The Bertz CT molecular complexity index is 800. The zero-order chi connectivity index (χ0) is 16.4. The van der Waals surface area contributed by atoms with Crippen molar-refractivity contribution in [2.24, 2.45) is 0 Å². The van der Waals surface area contributed by atoms with Gasteiger partial charge in [0.15, 0.2) is 0 Å². The second-order valence-electron chi connectivity index (χ2n) is 6.73. The SMILES string of the molecule is CCC(c1cccc2[nH]nc(-c3ccccc3)c12)N1CCCCC1. The molecule has 1 aliphatic rings. The van der Waals surface area contributed by atoms with E-state index in [2.05, 4.69) is 70.6 Å². The molecule has 0 saturated carbocycles. The fourth-order valence-electron chi connectivity index (χ4n) is 4.09. The number of aromatic nitrogens is 2. The van der Waals surface area contributed by atoms with E-state index in [4.69, 9.17) is 0 Å². The molecule has 1 unspecified atom stereocenters. The number of benzene rings is 2. The van der Waals surface area contributed by atoms with Crippen LogP contribution in [-0.4, -0.2) is 28.2 Å². The molecule has 0 aliphatic carbocycles. The van der Waals surface area contributed by atoms with Gasteiger partial charge in [0.05, 0.1) is 5.52 Å². The van der Waals surface area contributed by atoms with E-state index in [1.54, 1.807) is 0 Å². The molecule has 1 fully saturated rings. The Morgan fingerprint density at radius 1 is 1.00 bits per heavy atom. The summed E-state index contributed by atoms with van der Waals surface area (Å²) in [6.07, 6.45) is 5.16. The van der Waals surface area contributed by atoms with Gasteiger partial charge in [0.1, 0.15) is 5.69 Å². The summed E-state index contributed by atoms with van der Waals surface area (Å²) in [6, 6.07) is 17.6. The predicted molar refractivity (Wildman–Crippen MR) is 100.0 cm³/mol. The van der Waals surface area contributed by atoms with Gasteiger partial charge in [-0.2, -0.15) is 5.10 Å². The van der Waals surface area contributed by atoms with Gasteiger partial charge in [-0.3, -0.25) is 10.00 Å². The number of piperidine rings is 1. The van der Waals surface area contributed by atoms with Gasteiger partial charge in [0, 0.05) is 17.0 Å². The van der Waals surface area contributed by atoms with Crippen molar-refractivity contribution in [1.82, 2.24) is 15.1 Å². The lowest BCUT2D eigenvalue weighted by molar-refractivity contribution is 0.160. The van der Waals surface area contributed by atoms with Crippen LogP contribution in [0.25, 0.3) is 22.2 Å². The van der Waals surface area contributed by atoms with Gasteiger partial charge in [0.25, 0.3) is 0 Å². The molecule has 1 N–H and O–H groups in total. The Morgan fingerprint density at radius 3 is 2.54 bits per heavy atom. The van der Waals surface area contributed by atoms with Crippen LogP contribution in [-0.2, 0) is 0 Å². The highest BCUT2D eigenvalue weighted by molar-refractivity contribution is 5.95. The van der Waals surface area contributed by atoms with E-state index in [1.807, 2.05) is 0 Å². The number of nitrogens with one attached hydrogen (secondary N) is 1. The molecule has 3 nitrogen and oxygen atoms in total. The minimum Gasteiger partial charge on any atom is -0.296 e. The maximum absolute atomic E-state index is 4.64. The van der Waals surface area contributed by atoms with Crippen molar-refractivity contribution >= 4 is 10.9 Å². The second kappa shape index (κ2) is 6.78. The third-order valence-electron chi connectivity index (χ3n) is 5.25. The van der Waals surface area contributed by atoms with Crippen LogP contribution < -0.4 is 0 Å². The fraction of sp³-hybridized carbons (Fsp3) is 0.381. The minimum absolute atomic E-state index is 0.481. The van der Waals surface area contributed by atoms with Crippen LogP contribution in [0.2, 0.25) is 0 Å². The van der Waals surface area contributed by atoms with E-state index in [0.29, 0.717) is 6.04 Å². The molecule has 24 heavy (non-hydrogen) atoms. The zero-order valence-electron chi connectivity index (χ0n) is 14.3. The molecular formula is C21H25N3. The lowest BCUT2D eigenvalue weighted by Crippen LogP contribution is -2.33. The average molecular weight is 319 g/mol. The van der Waals surface area contributed by atoms with Crippen LogP contribution in [0.4, 0.5) is 0 Å². The molecule has 1 aliphatic heterocycles. The van der Waals surface area contributed by atoms with Gasteiger partial charge in [-0.05, 0) is 44.0 Å². The quantitative estimate of drug-likeness (QED) is 0.719. The van der Waals surface area contributed by atoms with Crippen LogP contribution in [0.5, 0.6) is 0 Å². The molecule has 124 valence electrons. The molecule has 0 bridgehead atoms. The van der Waals surface area contributed by atoms with Crippen molar-refractivity contribution in [3.8, 4) is 11.3 Å². The van der Waals surface area contributed by atoms with E-state index < -0.39 is 0 Å². The van der Waals surface area contributed by atoms with Crippen LogP contribution in [0, 0.1) is 0 Å². The molecule has 1 atom stereocenters. The van der Waals surface area contributed by atoms with E-state index >= 15 is 0 Å². The first kappa shape index (κ1) is 15.4. The first-order valence-electron chi connectivity index (χ1n) is 9.15. The molecule has 2 heterocycles. The summed E-state index contributed by atoms with van der Waals surface area (Å²) >= 11 is 0. The van der Waals surface area contributed by atoms with Gasteiger partial charge < -0.3 is 0 Å². The zero-order valence-corrected chi connectivity index (χ0v) is 14.3. The third kappa shape index (κ3) is 2.73. The number of fused-ring (bicyclic) bond motifs is 1. The number of hydrogen-bond donors (Lipinski definition) is 1. The molecule has 0 spiro atoms. The first-order valence-corrected chi connectivity index (χ1v) is 9.15. The van der Waals surface area contributed by atoms with E-state index in [1.165, 1.54) is 48.9 Å². The van der Waals surface area contributed by atoms with Crippen LogP contribution in [0.1, 0.15) is 44.2 Å². The number of rotatable bonds is 4. The summed E-state index contributed by atoms with van der Waals surface area (Å²) in [7, 11) is 0. The standard InChI is InChI=1S/C21H25N3/c1-2-19(24-14-7-4-8-15-24)17-12-9-13-18-20(17)21(23-22-18)16-10-5-3-6-11-16/h3,5-6,9-13,19H,2,4,7-8,14-15H2,1H3,(H,22,23). The Balaban J connectivity index is 1.84. The number of aromatic amines is 1.